The molecule has 6 heteroatoms. The molecule has 0 heterocycles. The highest BCUT2D eigenvalue weighted by Gasteiger charge is 2.19. The Kier molecular flexibility index (Phi) is 5.18. The number of rotatable bonds is 6. The third kappa shape index (κ3) is 4.40. The molecule has 3 N–H and O–H groups in total. The summed E-state index contributed by atoms with van der Waals surface area (Å²) in [6.07, 6.45) is 0.0931. The van der Waals surface area contributed by atoms with E-state index in [-0.39, 0.29) is 17.1 Å². The van der Waals surface area contributed by atoms with Crippen LogP contribution in [0.4, 0.5) is 0 Å². The Bertz CT molecular complexity index is 801. The fourth-order valence-electron chi connectivity index (χ4n) is 2.26. The predicted molar refractivity (Wildman–Crippen MR) is 87.8 cm³/mol. The van der Waals surface area contributed by atoms with E-state index in [4.69, 9.17) is 10.8 Å². The van der Waals surface area contributed by atoms with Gasteiger partial charge in [0.2, 0.25) is 0 Å². The van der Waals surface area contributed by atoms with Gasteiger partial charge in [0.05, 0.1) is 10.6 Å². The van der Waals surface area contributed by atoms with E-state index in [1.807, 2.05) is 6.07 Å². The van der Waals surface area contributed by atoms with E-state index in [1.165, 1.54) is 6.07 Å². The molecule has 2 aromatic carbocycles. The lowest BCUT2D eigenvalue weighted by atomic mass is 10.0. The highest BCUT2D eigenvalue weighted by Crippen LogP contribution is 2.21. The van der Waals surface area contributed by atoms with Gasteiger partial charge in [-0.3, -0.25) is 4.79 Å². The summed E-state index contributed by atoms with van der Waals surface area (Å²) in [6, 6.07) is 12.6. The first-order valence-corrected chi connectivity index (χ1v) is 8.79. The van der Waals surface area contributed by atoms with Crippen LogP contribution in [0.15, 0.2) is 53.4 Å². The van der Waals surface area contributed by atoms with Gasteiger partial charge in [-0.15, -0.1) is 0 Å². The Morgan fingerprint density at radius 2 is 1.83 bits per heavy atom. The summed E-state index contributed by atoms with van der Waals surface area (Å²) in [6.45, 7) is 1.80. The van der Waals surface area contributed by atoms with E-state index in [9.17, 15) is 13.2 Å². The van der Waals surface area contributed by atoms with Gasteiger partial charge < -0.3 is 10.8 Å². The fourth-order valence-corrected chi connectivity index (χ4v) is 3.66. The molecule has 0 unspecified atom stereocenters. The van der Waals surface area contributed by atoms with Gasteiger partial charge >= 0.3 is 5.97 Å². The van der Waals surface area contributed by atoms with E-state index in [1.54, 1.807) is 43.3 Å². The van der Waals surface area contributed by atoms with Crippen LogP contribution in [0, 0.1) is 6.92 Å². The Morgan fingerprint density at radius 1 is 1.17 bits per heavy atom. The van der Waals surface area contributed by atoms with Crippen molar-refractivity contribution in [3.8, 4) is 0 Å². The monoisotopic (exact) mass is 333 g/mol. The van der Waals surface area contributed by atoms with E-state index < -0.39 is 21.8 Å². The van der Waals surface area contributed by atoms with Crippen molar-refractivity contribution in [3.63, 3.8) is 0 Å². The number of carboxylic acids is 1. The minimum Gasteiger partial charge on any atom is -0.480 e. The molecule has 0 aliphatic rings. The molecule has 0 aliphatic carbocycles. The molecule has 122 valence electrons. The maximum atomic E-state index is 12.5. The highest BCUT2D eigenvalue weighted by molar-refractivity contribution is 7.90. The SMILES string of the molecule is Cc1ccc(S(=O)(=O)Cc2ccccc2)cc1C[C@H](N)C(=O)O. The molecule has 0 saturated carbocycles. The molecule has 0 fully saturated rings. The second kappa shape index (κ2) is 6.93. The Balaban J connectivity index is 2.30. The summed E-state index contributed by atoms with van der Waals surface area (Å²) in [7, 11) is -3.50. The van der Waals surface area contributed by atoms with E-state index in [0.717, 1.165) is 5.56 Å². The quantitative estimate of drug-likeness (QED) is 0.842. The summed E-state index contributed by atoms with van der Waals surface area (Å²) in [5.41, 5.74) is 7.71. The first kappa shape index (κ1) is 17.2. The molecule has 0 spiro atoms. The summed E-state index contributed by atoms with van der Waals surface area (Å²) >= 11 is 0. The number of nitrogens with two attached hydrogens (primary N) is 1. The number of benzene rings is 2. The summed E-state index contributed by atoms with van der Waals surface area (Å²) < 4.78 is 25.1. The third-order valence-electron chi connectivity index (χ3n) is 3.64. The van der Waals surface area contributed by atoms with Gasteiger partial charge in [0, 0.05) is 0 Å². The zero-order valence-electron chi connectivity index (χ0n) is 12.8. The third-order valence-corrected chi connectivity index (χ3v) is 5.32. The standard InChI is InChI=1S/C17H19NO4S/c1-12-7-8-15(9-14(12)10-16(18)17(19)20)23(21,22)11-13-5-3-2-4-6-13/h2-9,16H,10-11,18H2,1H3,(H,19,20)/t16-/m0/s1. The second-order valence-electron chi connectivity index (χ2n) is 5.48. The molecule has 2 rings (SSSR count). The molecule has 0 radical (unpaired) electrons. The van der Waals surface area contributed by atoms with E-state index >= 15 is 0 Å². The van der Waals surface area contributed by atoms with Crippen molar-refractivity contribution < 1.29 is 18.3 Å². The first-order valence-electron chi connectivity index (χ1n) is 7.14. The summed E-state index contributed by atoms with van der Waals surface area (Å²) in [4.78, 5) is 11.1. The maximum absolute atomic E-state index is 12.5. The predicted octanol–water partition coefficient (Wildman–Crippen LogP) is 1.92. The average Bonchev–Trinajstić information content (AvgIpc) is 2.49. The normalized spacial score (nSPS) is 12.8. The molecule has 0 saturated heterocycles. The zero-order chi connectivity index (χ0) is 17.0. The molecule has 1 atom stereocenters. The summed E-state index contributed by atoms with van der Waals surface area (Å²) in [5.74, 6) is -1.21. The Labute approximate surface area is 135 Å². The van der Waals surface area contributed by atoms with Gasteiger partial charge in [0.1, 0.15) is 6.04 Å². The lowest BCUT2D eigenvalue weighted by Crippen LogP contribution is -2.32. The number of hydrogen-bond donors (Lipinski definition) is 2. The number of aryl methyl sites for hydroxylation is 1. The highest BCUT2D eigenvalue weighted by atomic mass is 32.2. The zero-order valence-corrected chi connectivity index (χ0v) is 13.6. The Morgan fingerprint density at radius 3 is 2.43 bits per heavy atom. The van der Waals surface area contributed by atoms with Gasteiger partial charge in [-0.05, 0) is 42.2 Å². The molecule has 0 aromatic heterocycles. The van der Waals surface area contributed by atoms with Crippen LogP contribution in [-0.2, 0) is 26.8 Å². The van der Waals surface area contributed by atoms with Crippen LogP contribution in [0.2, 0.25) is 0 Å². The van der Waals surface area contributed by atoms with Crippen molar-refractivity contribution in [1.29, 1.82) is 0 Å². The van der Waals surface area contributed by atoms with Gasteiger partial charge in [0.15, 0.2) is 9.84 Å². The van der Waals surface area contributed by atoms with Crippen LogP contribution in [0.1, 0.15) is 16.7 Å². The summed E-state index contributed by atoms with van der Waals surface area (Å²) in [5, 5.41) is 8.91. The lowest BCUT2D eigenvalue weighted by Gasteiger charge is -2.12. The minimum atomic E-state index is -3.50. The van der Waals surface area contributed by atoms with Crippen molar-refractivity contribution >= 4 is 15.8 Å². The fraction of sp³-hybridized carbons (Fsp3) is 0.235. The molecule has 2 aromatic rings. The minimum absolute atomic E-state index is 0.0931. The molecule has 23 heavy (non-hydrogen) atoms. The molecule has 0 bridgehead atoms. The smallest absolute Gasteiger partial charge is 0.320 e. The van der Waals surface area contributed by atoms with Crippen molar-refractivity contribution in [1.82, 2.24) is 0 Å². The maximum Gasteiger partial charge on any atom is 0.320 e. The average molecular weight is 333 g/mol. The molecule has 0 amide bonds. The van der Waals surface area contributed by atoms with Crippen LogP contribution >= 0.6 is 0 Å². The van der Waals surface area contributed by atoms with Crippen LogP contribution in [0.3, 0.4) is 0 Å². The second-order valence-corrected chi connectivity index (χ2v) is 7.47. The topological polar surface area (TPSA) is 97.5 Å². The number of carboxylic acid groups (broad SMARTS) is 1. The largest absolute Gasteiger partial charge is 0.480 e. The number of sulfone groups is 1. The van der Waals surface area contributed by atoms with Crippen molar-refractivity contribution in [2.45, 2.75) is 30.0 Å². The first-order chi connectivity index (χ1) is 10.8. The van der Waals surface area contributed by atoms with Crippen LogP contribution < -0.4 is 5.73 Å². The number of hydrogen-bond acceptors (Lipinski definition) is 4. The van der Waals surface area contributed by atoms with Gasteiger partial charge in [-0.1, -0.05) is 36.4 Å². The molecular weight excluding hydrogens is 314 g/mol. The van der Waals surface area contributed by atoms with E-state index in [0.29, 0.717) is 11.1 Å². The molecular formula is C17H19NO4S. The van der Waals surface area contributed by atoms with Crippen molar-refractivity contribution in [3.05, 3.63) is 65.2 Å². The number of carbonyl (C=O) groups is 1. The van der Waals surface area contributed by atoms with Crippen LogP contribution in [0.25, 0.3) is 0 Å². The van der Waals surface area contributed by atoms with Crippen LogP contribution in [-0.4, -0.2) is 25.5 Å². The lowest BCUT2D eigenvalue weighted by molar-refractivity contribution is -0.138. The van der Waals surface area contributed by atoms with Crippen LogP contribution in [0.5, 0.6) is 0 Å². The van der Waals surface area contributed by atoms with Crippen molar-refractivity contribution in [2.24, 2.45) is 5.73 Å². The molecule has 5 nitrogen and oxygen atoms in total. The van der Waals surface area contributed by atoms with Crippen molar-refractivity contribution in [2.75, 3.05) is 0 Å². The van der Waals surface area contributed by atoms with Gasteiger partial charge in [-0.2, -0.15) is 0 Å². The van der Waals surface area contributed by atoms with Gasteiger partial charge in [0.25, 0.3) is 0 Å². The van der Waals surface area contributed by atoms with E-state index in [2.05, 4.69) is 0 Å². The Hall–Kier alpha value is -2.18. The van der Waals surface area contributed by atoms with Gasteiger partial charge in [-0.25, -0.2) is 8.42 Å². The molecule has 0 aliphatic heterocycles. The number of aliphatic carboxylic acids is 1.